The van der Waals surface area contributed by atoms with Crippen molar-refractivity contribution in [1.82, 2.24) is 5.32 Å². The maximum absolute atomic E-state index is 11.7. The third-order valence-corrected chi connectivity index (χ3v) is 3.31. The Morgan fingerprint density at radius 3 is 2.64 bits per heavy atom. The topological polar surface area (TPSA) is 55.1 Å². The fraction of sp³-hybridized carbons (Fsp3) is 0.909. The summed E-state index contributed by atoms with van der Waals surface area (Å²) < 4.78 is 0. The van der Waals surface area contributed by atoms with E-state index in [9.17, 15) is 4.79 Å². The Bertz CT molecular complexity index is 195. The highest BCUT2D eigenvalue weighted by molar-refractivity contribution is 5.82. The number of nitrogens with two attached hydrogens (primary N) is 1. The summed E-state index contributed by atoms with van der Waals surface area (Å²) in [5.41, 5.74) is 5.23. The number of hydrogen-bond donors (Lipinski definition) is 2. The Morgan fingerprint density at radius 1 is 1.57 bits per heavy atom. The van der Waals surface area contributed by atoms with Crippen molar-refractivity contribution >= 4 is 5.91 Å². The van der Waals surface area contributed by atoms with E-state index in [1.807, 2.05) is 13.8 Å². The van der Waals surface area contributed by atoms with Crippen molar-refractivity contribution in [2.24, 2.45) is 17.1 Å². The first-order chi connectivity index (χ1) is 6.62. The summed E-state index contributed by atoms with van der Waals surface area (Å²) in [6.07, 6.45) is 4.63. The Kier molecular flexibility index (Phi) is 3.93. The second-order valence-corrected chi connectivity index (χ2v) is 4.61. The van der Waals surface area contributed by atoms with Gasteiger partial charge in [-0.2, -0.15) is 0 Å². The number of nitrogens with one attached hydrogen (secondary N) is 1. The molecule has 0 heterocycles. The number of amides is 1. The lowest BCUT2D eigenvalue weighted by atomic mass is 9.86. The van der Waals surface area contributed by atoms with Crippen LogP contribution in [0.3, 0.4) is 0 Å². The van der Waals surface area contributed by atoms with E-state index in [1.165, 1.54) is 12.8 Å². The minimum absolute atomic E-state index is 0.114. The van der Waals surface area contributed by atoms with Crippen LogP contribution >= 0.6 is 0 Å². The first-order valence-corrected chi connectivity index (χ1v) is 5.60. The molecule has 3 nitrogen and oxygen atoms in total. The van der Waals surface area contributed by atoms with E-state index in [0.29, 0.717) is 6.54 Å². The van der Waals surface area contributed by atoms with Crippen molar-refractivity contribution in [2.75, 3.05) is 13.1 Å². The fourth-order valence-electron chi connectivity index (χ4n) is 1.41. The zero-order valence-corrected chi connectivity index (χ0v) is 9.31. The number of hydrogen-bond acceptors (Lipinski definition) is 2. The third kappa shape index (κ3) is 2.98. The van der Waals surface area contributed by atoms with Crippen molar-refractivity contribution in [1.29, 1.82) is 0 Å². The molecule has 0 saturated heterocycles. The summed E-state index contributed by atoms with van der Waals surface area (Å²) in [6.45, 7) is 5.19. The first kappa shape index (κ1) is 11.5. The Balaban J connectivity index is 2.23. The lowest BCUT2D eigenvalue weighted by molar-refractivity contribution is -0.129. The monoisotopic (exact) mass is 198 g/mol. The molecular formula is C11H22N2O. The van der Waals surface area contributed by atoms with Crippen LogP contribution in [0.1, 0.15) is 39.5 Å². The zero-order chi connectivity index (χ0) is 10.6. The summed E-state index contributed by atoms with van der Waals surface area (Å²) in [5, 5.41) is 2.98. The SMILES string of the molecule is CCC(C)(CN)C(=O)NCCC1CC1. The van der Waals surface area contributed by atoms with Gasteiger partial charge in [0.25, 0.3) is 0 Å². The molecule has 0 radical (unpaired) electrons. The molecule has 0 bridgehead atoms. The van der Waals surface area contributed by atoms with Crippen LogP contribution in [0.15, 0.2) is 0 Å². The smallest absolute Gasteiger partial charge is 0.227 e. The van der Waals surface area contributed by atoms with Gasteiger partial charge in [0.05, 0.1) is 5.41 Å². The molecule has 0 aromatic rings. The van der Waals surface area contributed by atoms with Crippen LogP contribution < -0.4 is 11.1 Å². The molecule has 1 amide bonds. The van der Waals surface area contributed by atoms with Crippen molar-refractivity contribution in [3.63, 3.8) is 0 Å². The van der Waals surface area contributed by atoms with Crippen LogP contribution in [0.25, 0.3) is 0 Å². The largest absolute Gasteiger partial charge is 0.356 e. The first-order valence-electron chi connectivity index (χ1n) is 5.60. The van der Waals surface area contributed by atoms with Crippen LogP contribution in [-0.4, -0.2) is 19.0 Å². The number of rotatable bonds is 6. The minimum atomic E-state index is -0.371. The maximum atomic E-state index is 11.7. The van der Waals surface area contributed by atoms with Crippen molar-refractivity contribution in [3.05, 3.63) is 0 Å². The summed E-state index contributed by atoms with van der Waals surface area (Å²) in [7, 11) is 0. The van der Waals surface area contributed by atoms with Crippen LogP contribution in [0.5, 0.6) is 0 Å². The molecule has 1 fully saturated rings. The van der Waals surface area contributed by atoms with Gasteiger partial charge in [0.2, 0.25) is 5.91 Å². The maximum Gasteiger partial charge on any atom is 0.227 e. The van der Waals surface area contributed by atoms with Crippen LogP contribution in [-0.2, 0) is 4.79 Å². The van der Waals surface area contributed by atoms with Gasteiger partial charge in [-0.1, -0.05) is 19.8 Å². The highest BCUT2D eigenvalue weighted by Gasteiger charge is 2.29. The van der Waals surface area contributed by atoms with Gasteiger partial charge in [-0.3, -0.25) is 4.79 Å². The van der Waals surface area contributed by atoms with E-state index in [1.54, 1.807) is 0 Å². The summed E-state index contributed by atoms with van der Waals surface area (Å²) >= 11 is 0. The van der Waals surface area contributed by atoms with Gasteiger partial charge in [-0.25, -0.2) is 0 Å². The summed E-state index contributed by atoms with van der Waals surface area (Å²) in [6, 6.07) is 0. The molecule has 1 saturated carbocycles. The molecule has 0 spiro atoms. The molecule has 3 N–H and O–H groups in total. The van der Waals surface area contributed by atoms with Gasteiger partial charge in [-0.15, -0.1) is 0 Å². The summed E-state index contributed by atoms with van der Waals surface area (Å²) in [4.78, 5) is 11.7. The normalized spacial score (nSPS) is 20.2. The fourth-order valence-corrected chi connectivity index (χ4v) is 1.41. The van der Waals surface area contributed by atoms with E-state index in [0.717, 1.165) is 25.3 Å². The molecule has 0 aromatic heterocycles. The standard InChI is InChI=1S/C11H22N2O/c1-3-11(2,8-12)10(14)13-7-6-9-4-5-9/h9H,3-8,12H2,1-2H3,(H,13,14). The quantitative estimate of drug-likeness (QED) is 0.675. The van der Waals surface area contributed by atoms with Gasteiger partial charge in [-0.05, 0) is 25.7 Å². The number of carbonyl (C=O) groups excluding carboxylic acids is 1. The predicted octanol–water partition coefficient (Wildman–Crippen LogP) is 1.28. The molecule has 3 heteroatoms. The Labute approximate surface area is 86.4 Å². The molecule has 1 atom stereocenters. The molecule has 1 aliphatic rings. The summed E-state index contributed by atoms with van der Waals surface area (Å²) in [5.74, 6) is 0.990. The van der Waals surface area contributed by atoms with Gasteiger partial charge in [0.15, 0.2) is 0 Å². The molecule has 1 unspecified atom stereocenters. The van der Waals surface area contributed by atoms with E-state index in [4.69, 9.17) is 5.73 Å². The lowest BCUT2D eigenvalue weighted by Gasteiger charge is -2.24. The molecule has 82 valence electrons. The Morgan fingerprint density at radius 2 is 2.21 bits per heavy atom. The third-order valence-electron chi connectivity index (χ3n) is 3.31. The van der Waals surface area contributed by atoms with Gasteiger partial charge >= 0.3 is 0 Å². The van der Waals surface area contributed by atoms with Crippen molar-refractivity contribution < 1.29 is 4.79 Å². The average Bonchev–Trinajstić information content (AvgIpc) is 3.00. The van der Waals surface area contributed by atoms with E-state index in [-0.39, 0.29) is 11.3 Å². The molecule has 1 rings (SSSR count). The van der Waals surface area contributed by atoms with Crippen LogP contribution in [0, 0.1) is 11.3 Å². The second-order valence-electron chi connectivity index (χ2n) is 4.61. The molecule has 1 aliphatic carbocycles. The average molecular weight is 198 g/mol. The minimum Gasteiger partial charge on any atom is -0.356 e. The molecule has 0 aromatic carbocycles. The van der Waals surface area contributed by atoms with Crippen molar-refractivity contribution in [3.8, 4) is 0 Å². The van der Waals surface area contributed by atoms with Crippen molar-refractivity contribution in [2.45, 2.75) is 39.5 Å². The van der Waals surface area contributed by atoms with E-state index >= 15 is 0 Å². The van der Waals surface area contributed by atoms with Crippen LogP contribution in [0.4, 0.5) is 0 Å². The highest BCUT2D eigenvalue weighted by atomic mass is 16.2. The Hall–Kier alpha value is -0.570. The van der Waals surface area contributed by atoms with Gasteiger partial charge < -0.3 is 11.1 Å². The molecular weight excluding hydrogens is 176 g/mol. The molecule has 14 heavy (non-hydrogen) atoms. The lowest BCUT2D eigenvalue weighted by Crippen LogP contribution is -2.43. The second kappa shape index (κ2) is 4.78. The van der Waals surface area contributed by atoms with E-state index < -0.39 is 0 Å². The highest BCUT2D eigenvalue weighted by Crippen LogP contribution is 2.31. The zero-order valence-electron chi connectivity index (χ0n) is 9.31. The number of carbonyl (C=O) groups is 1. The molecule has 0 aliphatic heterocycles. The predicted molar refractivity (Wildman–Crippen MR) is 57.8 cm³/mol. The van der Waals surface area contributed by atoms with Crippen LogP contribution in [0.2, 0.25) is 0 Å². The van der Waals surface area contributed by atoms with Gasteiger partial charge in [0.1, 0.15) is 0 Å². The van der Waals surface area contributed by atoms with Gasteiger partial charge in [0, 0.05) is 13.1 Å². The van der Waals surface area contributed by atoms with E-state index in [2.05, 4.69) is 5.32 Å².